The Morgan fingerprint density at radius 3 is 2.00 bits per heavy atom. The normalized spacial score (nSPS) is 8.36. The zero-order valence-electron chi connectivity index (χ0n) is 8.02. The van der Waals surface area contributed by atoms with E-state index in [0.29, 0.717) is 13.0 Å². The van der Waals surface area contributed by atoms with Crippen molar-refractivity contribution in [3.05, 3.63) is 0 Å². The van der Waals surface area contributed by atoms with Crippen LogP contribution in [0.15, 0.2) is 0 Å². The Hall–Kier alpha value is -0.370. The highest BCUT2D eigenvalue weighted by molar-refractivity contribution is 5.75. The maximum atomic E-state index is 10.3. The monoisotopic (exact) mass is 159 g/mol. The molecule has 0 bridgehead atoms. The van der Waals surface area contributed by atoms with E-state index in [2.05, 4.69) is 13.8 Å². The molecule has 0 saturated heterocycles. The fraction of sp³-hybridized carbons (Fsp3) is 0.889. The molecule has 68 valence electrons. The number of hydrogen-bond acceptors (Lipinski definition) is 2. The molecule has 0 aromatic heterocycles. The van der Waals surface area contributed by atoms with Gasteiger partial charge in [-0.2, -0.15) is 0 Å². The van der Waals surface area contributed by atoms with E-state index in [1.807, 2.05) is 0 Å². The molecule has 0 heterocycles. The van der Waals surface area contributed by atoms with Gasteiger partial charge < -0.3 is 10.5 Å². The van der Waals surface area contributed by atoms with E-state index in [4.69, 9.17) is 5.73 Å². The van der Waals surface area contributed by atoms with Crippen molar-refractivity contribution < 1.29 is 4.79 Å². The number of unbranched alkanes of at least 4 members (excludes halogenated alkanes) is 1. The summed E-state index contributed by atoms with van der Waals surface area (Å²) >= 11 is 0. The molecule has 0 spiro atoms. The Balaban J connectivity index is 0. The highest BCUT2D eigenvalue weighted by atomic mass is 16.1. The van der Waals surface area contributed by atoms with Crippen LogP contribution in [0.2, 0.25) is 0 Å². The standard InChI is InChI=1S/C6H13NO.C3H8/c1-6(8)4-2-3-5-7;1-3-2/h2-5,7H2,1H3;3H2,1-2H3. The van der Waals surface area contributed by atoms with E-state index in [1.165, 1.54) is 6.42 Å². The van der Waals surface area contributed by atoms with E-state index in [9.17, 15) is 4.79 Å². The smallest absolute Gasteiger partial charge is 0.129 e. The van der Waals surface area contributed by atoms with Crippen LogP contribution in [-0.2, 0) is 4.79 Å². The average molecular weight is 159 g/mol. The molecule has 0 radical (unpaired) electrons. The average Bonchev–Trinajstić information content (AvgIpc) is 1.89. The van der Waals surface area contributed by atoms with Gasteiger partial charge in [0.05, 0.1) is 0 Å². The quantitative estimate of drug-likeness (QED) is 0.638. The van der Waals surface area contributed by atoms with Crippen molar-refractivity contribution >= 4 is 5.78 Å². The van der Waals surface area contributed by atoms with Crippen molar-refractivity contribution in [1.82, 2.24) is 0 Å². The predicted octanol–water partition coefficient (Wildman–Crippen LogP) is 2.12. The molecule has 0 atom stereocenters. The number of nitrogens with two attached hydrogens (primary N) is 1. The highest BCUT2D eigenvalue weighted by Crippen LogP contribution is 1.92. The molecular formula is C9H21NO. The summed E-state index contributed by atoms with van der Waals surface area (Å²) in [5, 5.41) is 0. The first-order chi connectivity index (χ1) is 5.18. The lowest BCUT2D eigenvalue weighted by molar-refractivity contribution is -0.117. The van der Waals surface area contributed by atoms with E-state index in [-0.39, 0.29) is 5.78 Å². The Bertz CT molecular complexity index is 81.6. The molecule has 11 heavy (non-hydrogen) atoms. The van der Waals surface area contributed by atoms with Gasteiger partial charge in [-0.05, 0) is 26.3 Å². The minimum atomic E-state index is 0.262. The first-order valence-corrected chi connectivity index (χ1v) is 4.38. The van der Waals surface area contributed by atoms with E-state index in [1.54, 1.807) is 6.92 Å². The summed E-state index contributed by atoms with van der Waals surface area (Å²) in [5.41, 5.74) is 5.20. The molecule has 0 rings (SSSR count). The fourth-order valence-electron chi connectivity index (χ4n) is 0.518. The molecule has 0 aliphatic rings. The molecule has 0 amide bonds. The summed E-state index contributed by atoms with van der Waals surface area (Å²) < 4.78 is 0. The van der Waals surface area contributed by atoms with Crippen molar-refractivity contribution in [3.8, 4) is 0 Å². The molecule has 2 nitrogen and oxygen atoms in total. The van der Waals surface area contributed by atoms with Crippen LogP contribution in [0.3, 0.4) is 0 Å². The maximum absolute atomic E-state index is 10.3. The van der Waals surface area contributed by atoms with Crippen LogP contribution < -0.4 is 5.73 Å². The van der Waals surface area contributed by atoms with Crippen LogP contribution in [0.25, 0.3) is 0 Å². The first-order valence-electron chi connectivity index (χ1n) is 4.38. The van der Waals surface area contributed by atoms with Crippen LogP contribution in [0.1, 0.15) is 46.5 Å². The molecule has 0 aromatic rings. The Kier molecular flexibility index (Phi) is 14.8. The number of hydrogen-bond donors (Lipinski definition) is 1. The lowest BCUT2D eigenvalue weighted by Gasteiger charge is -1.90. The van der Waals surface area contributed by atoms with Gasteiger partial charge in [-0.25, -0.2) is 0 Å². The largest absolute Gasteiger partial charge is 0.330 e. The van der Waals surface area contributed by atoms with Crippen LogP contribution in [0.5, 0.6) is 0 Å². The van der Waals surface area contributed by atoms with Gasteiger partial charge in [0.2, 0.25) is 0 Å². The van der Waals surface area contributed by atoms with Crippen molar-refractivity contribution in [2.45, 2.75) is 46.5 Å². The third kappa shape index (κ3) is 26.2. The van der Waals surface area contributed by atoms with Crippen molar-refractivity contribution in [2.24, 2.45) is 5.73 Å². The summed E-state index contributed by atoms with van der Waals surface area (Å²) in [5.74, 6) is 0.262. The van der Waals surface area contributed by atoms with Gasteiger partial charge in [0.25, 0.3) is 0 Å². The zero-order valence-corrected chi connectivity index (χ0v) is 8.02. The Labute approximate surface area is 70.2 Å². The van der Waals surface area contributed by atoms with Crippen LogP contribution in [0.4, 0.5) is 0 Å². The van der Waals surface area contributed by atoms with Gasteiger partial charge >= 0.3 is 0 Å². The number of Topliss-reactive ketones (excluding diaryl/α,β-unsaturated/α-hetero) is 1. The number of carbonyl (C=O) groups excluding carboxylic acids is 1. The van der Waals surface area contributed by atoms with Crippen molar-refractivity contribution in [3.63, 3.8) is 0 Å². The number of carbonyl (C=O) groups is 1. The molecular weight excluding hydrogens is 138 g/mol. The predicted molar refractivity (Wildman–Crippen MR) is 49.6 cm³/mol. The van der Waals surface area contributed by atoms with E-state index < -0.39 is 0 Å². The molecule has 0 aromatic carbocycles. The summed E-state index contributed by atoms with van der Waals surface area (Å²) in [4.78, 5) is 10.3. The van der Waals surface area contributed by atoms with Crippen molar-refractivity contribution in [1.29, 1.82) is 0 Å². The third-order valence-electron chi connectivity index (χ3n) is 0.983. The van der Waals surface area contributed by atoms with Gasteiger partial charge in [0.15, 0.2) is 0 Å². The first kappa shape index (κ1) is 13.2. The maximum Gasteiger partial charge on any atom is 0.129 e. The van der Waals surface area contributed by atoms with Gasteiger partial charge in [0, 0.05) is 6.42 Å². The number of rotatable bonds is 4. The summed E-state index contributed by atoms with van der Waals surface area (Å²) in [6.07, 6.45) is 3.86. The van der Waals surface area contributed by atoms with E-state index in [0.717, 1.165) is 12.8 Å². The Morgan fingerprint density at radius 2 is 1.73 bits per heavy atom. The third-order valence-corrected chi connectivity index (χ3v) is 0.983. The lowest BCUT2D eigenvalue weighted by Crippen LogP contribution is -1.99. The molecule has 0 aliphatic heterocycles. The second-order valence-corrected chi connectivity index (χ2v) is 2.65. The topological polar surface area (TPSA) is 43.1 Å². The van der Waals surface area contributed by atoms with Crippen LogP contribution in [-0.4, -0.2) is 12.3 Å². The van der Waals surface area contributed by atoms with Gasteiger partial charge in [-0.1, -0.05) is 20.3 Å². The molecule has 2 heteroatoms. The van der Waals surface area contributed by atoms with E-state index >= 15 is 0 Å². The molecule has 2 N–H and O–H groups in total. The van der Waals surface area contributed by atoms with Gasteiger partial charge in [0.1, 0.15) is 5.78 Å². The SMILES string of the molecule is CC(=O)CCCCN.CCC. The summed E-state index contributed by atoms with van der Waals surface area (Å²) in [6.45, 7) is 6.56. The minimum Gasteiger partial charge on any atom is -0.330 e. The highest BCUT2D eigenvalue weighted by Gasteiger charge is 1.89. The van der Waals surface area contributed by atoms with Crippen molar-refractivity contribution in [2.75, 3.05) is 6.54 Å². The van der Waals surface area contributed by atoms with Crippen LogP contribution >= 0.6 is 0 Å². The molecule has 0 unspecified atom stereocenters. The van der Waals surface area contributed by atoms with Crippen LogP contribution in [0, 0.1) is 0 Å². The number of ketones is 1. The van der Waals surface area contributed by atoms with Gasteiger partial charge in [-0.15, -0.1) is 0 Å². The second kappa shape index (κ2) is 12.3. The zero-order chi connectivity index (χ0) is 9.11. The Morgan fingerprint density at radius 1 is 1.27 bits per heavy atom. The fourth-order valence-corrected chi connectivity index (χ4v) is 0.518. The summed E-state index contributed by atoms with van der Waals surface area (Å²) in [7, 11) is 0. The van der Waals surface area contributed by atoms with Gasteiger partial charge in [-0.3, -0.25) is 0 Å². The molecule has 0 fully saturated rings. The second-order valence-electron chi connectivity index (χ2n) is 2.65. The summed E-state index contributed by atoms with van der Waals surface area (Å²) in [6, 6.07) is 0. The minimum absolute atomic E-state index is 0.262. The lowest BCUT2D eigenvalue weighted by atomic mass is 10.2. The molecule has 0 saturated carbocycles. The molecule has 0 aliphatic carbocycles.